The third kappa shape index (κ3) is 6.25. The van der Waals surface area contributed by atoms with Gasteiger partial charge in [0, 0.05) is 11.1 Å². The van der Waals surface area contributed by atoms with Gasteiger partial charge in [-0.1, -0.05) is 22.4 Å². The zero-order valence-electron chi connectivity index (χ0n) is 14.1. The van der Waals surface area contributed by atoms with Gasteiger partial charge in [-0.15, -0.1) is 0 Å². The van der Waals surface area contributed by atoms with E-state index in [9.17, 15) is 31.1 Å². The maximum absolute atomic E-state index is 12.4. The molecule has 2 aromatic rings. The number of hydrogen-bond acceptors (Lipinski definition) is 6. The molecule has 0 saturated heterocycles. The van der Waals surface area contributed by atoms with Gasteiger partial charge in [-0.2, -0.15) is 31.3 Å². The molecule has 1 aromatic heterocycles. The van der Waals surface area contributed by atoms with E-state index < -0.39 is 30.8 Å². The summed E-state index contributed by atoms with van der Waals surface area (Å²) in [5.74, 6) is -2.38. The molecule has 0 saturated carbocycles. The molecule has 28 heavy (non-hydrogen) atoms. The molecule has 0 aliphatic carbocycles. The number of amides is 1. The largest absolute Gasteiger partial charge is 0.471 e. The lowest BCUT2D eigenvalue weighted by Crippen LogP contribution is -2.28. The minimum Gasteiger partial charge on any atom is -0.386 e. The Balaban J connectivity index is 1.93. The van der Waals surface area contributed by atoms with Gasteiger partial charge in [-0.25, -0.2) is 0 Å². The second kappa shape index (κ2) is 8.27. The highest BCUT2D eigenvalue weighted by Gasteiger charge is 2.38. The van der Waals surface area contributed by atoms with E-state index in [1.807, 2.05) is 0 Å². The van der Waals surface area contributed by atoms with Crippen molar-refractivity contribution in [2.24, 2.45) is 5.16 Å². The van der Waals surface area contributed by atoms with Crippen molar-refractivity contribution in [1.29, 1.82) is 0 Å². The van der Waals surface area contributed by atoms with Crippen LogP contribution in [0.4, 0.5) is 26.3 Å². The van der Waals surface area contributed by atoms with Gasteiger partial charge in [0.2, 0.25) is 12.4 Å². The van der Waals surface area contributed by atoms with Gasteiger partial charge in [0.25, 0.3) is 5.91 Å². The smallest absolute Gasteiger partial charge is 0.386 e. The molecule has 0 bridgehead atoms. The molecule has 0 aliphatic heterocycles. The van der Waals surface area contributed by atoms with Crippen LogP contribution < -0.4 is 5.32 Å². The number of benzene rings is 1. The van der Waals surface area contributed by atoms with Crippen LogP contribution in [0.25, 0.3) is 11.4 Å². The van der Waals surface area contributed by atoms with E-state index in [4.69, 9.17) is 0 Å². The number of nitrogens with one attached hydrogen (secondary N) is 1. The highest BCUT2D eigenvalue weighted by molar-refractivity contribution is 5.97. The van der Waals surface area contributed by atoms with Gasteiger partial charge >= 0.3 is 18.2 Å². The lowest BCUT2D eigenvalue weighted by molar-refractivity contribution is -0.173. The van der Waals surface area contributed by atoms with Crippen LogP contribution in [0.15, 0.2) is 33.9 Å². The molecule has 1 heterocycles. The van der Waals surface area contributed by atoms with Crippen LogP contribution in [0.2, 0.25) is 0 Å². The summed E-state index contributed by atoms with van der Waals surface area (Å²) < 4.78 is 77.2. The molecule has 0 radical (unpaired) electrons. The summed E-state index contributed by atoms with van der Waals surface area (Å²) in [6, 6.07) is 5.24. The van der Waals surface area contributed by atoms with E-state index in [0.29, 0.717) is 0 Å². The van der Waals surface area contributed by atoms with Crippen LogP contribution in [0.3, 0.4) is 0 Å². The van der Waals surface area contributed by atoms with Crippen LogP contribution in [0.1, 0.15) is 23.2 Å². The van der Waals surface area contributed by atoms with Gasteiger partial charge in [0.1, 0.15) is 0 Å². The second-order valence-corrected chi connectivity index (χ2v) is 5.40. The molecule has 1 N–H and O–H groups in total. The zero-order chi connectivity index (χ0) is 20.9. The topological polar surface area (TPSA) is 89.6 Å². The maximum Gasteiger partial charge on any atom is 0.471 e. The van der Waals surface area contributed by atoms with Crippen molar-refractivity contribution in [3.63, 3.8) is 0 Å². The van der Waals surface area contributed by atoms with Crippen molar-refractivity contribution in [2.45, 2.75) is 19.3 Å². The molecule has 0 aliphatic rings. The molecular formula is C15H12F6N4O3. The minimum atomic E-state index is -4.77. The molecule has 7 nitrogen and oxygen atoms in total. The van der Waals surface area contributed by atoms with Gasteiger partial charge < -0.3 is 14.7 Å². The third-order valence-electron chi connectivity index (χ3n) is 3.03. The quantitative estimate of drug-likeness (QED) is 0.448. The van der Waals surface area contributed by atoms with Crippen molar-refractivity contribution in [3.05, 3.63) is 35.7 Å². The Kier molecular flexibility index (Phi) is 6.26. The molecule has 0 atom stereocenters. The standard InChI is InChI=1S/C15H12F6N4O3/c1-8(24-27-7-14(16,17)18)6-22-12(26)10-4-2-9(3-5-10)11-23-13(28-25-11)15(19,20)21/h2-5H,6-7H2,1H3,(H,22,26)/b24-8+. The molecule has 0 spiro atoms. The molecule has 2 rings (SSSR count). The number of halogens is 6. The van der Waals surface area contributed by atoms with Crippen molar-refractivity contribution < 1.29 is 40.5 Å². The van der Waals surface area contributed by atoms with E-state index in [0.717, 1.165) is 0 Å². The van der Waals surface area contributed by atoms with Gasteiger partial charge in [0.15, 0.2) is 0 Å². The minimum absolute atomic E-state index is 0.0979. The Morgan fingerprint density at radius 3 is 2.36 bits per heavy atom. The Morgan fingerprint density at radius 2 is 1.82 bits per heavy atom. The van der Waals surface area contributed by atoms with Crippen molar-refractivity contribution in [2.75, 3.05) is 13.2 Å². The Labute approximate surface area is 153 Å². The van der Waals surface area contributed by atoms with Crippen LogP contribution in [-0.2, 0) is 11.0 Å². The number of alkyl halides is 6. The first-order valence-corrected chi connectivity index (χ1v) is 7.47. The van der Waals surface area contributed by atoms with Gasteiger partial charge in [0.05, 0.1) is 12.3 Å². The molecule has 0 fully saturated rings. The number of rotatable bonds is 6. The first kappa shape index (κ1) is 21.2. The van der Waals surface area contributed by atoms with E-state index >= 15 is 0 Å². The Morgan fingerprint density at radius 1 is 1.18 bits per heavy atom. The molecule has 13 heteroatoms. The van der Waals surface area contributed by atoms with Gasteiger partial charge in [-0.05, 0) is 19.1 Å². The maximum atomic E-state index is 12.4. The first-order chi connectivity index (χ1) is 13.0. The van der Waals surface area contributed by atoms with Crippen molar-refractivity contribution in [3.8, 4) is 11.4 Å². The average molecular weight is 410 g/mol. The number of carbonyl (C=O) groups is 1. The van der Waals surface area contributed by atoms with Gasteiger partial charge in [-0.3, -0.25) is 4.79 Å². The van der Waals surface area contributed by atoms with Crippen LogP contribution in [0.5, 0.6) is 0 Å². The summed E-state index contributed by atoms with van der Waals surface area (Å²) in [4.78, 5) is 19.3. The van der Waals surface area contributed by atoms with E-state index in [2.05, 4.69) is 30.0 Å². The van der Waals surface area contributed by atoms with Crippen LogP contribution >= 0.6 is 0 Å². The van der Waals surface area contributed by atoms with E-state index in [1.165, 1.54) is 31.2 Å². The lowest BCUT2D eigenvalue weighted by Gasteiger charge is -2.07. The van der Waals surface area contributed by atoms with Crippen molar-refractivity contribution in [1.82, 2.24) is 15.5 Å². The summed E-state index contributed by atoms with van der Waals surface area (Å²) in [5.41, 5.74) is 0.432. The number of carbonyl (C=O) groups excluding carboxylic acids is 1. The predicted molar refractivity (Wildman–Crippen MR) is 82.2 cm³/mol. The SMILES string of the molecule is C/C(CNC(=O)c1ccc(-c2noc(C(F)(F)F)n2)cc1)=N\OCC(F)(F)F. The highest BCUT2D eigenvalue weighted by Crippen LogP contribution is 2.29. The number of aromatic nitrogens is 2. The fourth-order valence-corrected chi connectivity index (χ4v) is 1.78. The molecule has 0 unspecified atom stereocenters. The lowest BCUT2D eigenvalue weighted by atomic mass is 10.1. The van der Waals surface area contributed by atoms with Crippen LogP contribution in [-0.4, -0.2) is 41.1 Å². The average Bonchev–Trinajstić information content (AvgIpc) is 3.09. The molecular weight excluding hydrogens is 398 g/mol. The normalized spacial score (nSPS) is 12.8. The second-order valence-electron chi connectivity index (χ2n) is 5.40. The highest BCUT2D eigenvalue weighted by atomic mass is 19.4. The number of hydrogen-bond donors (Lipinski definition) is 1. The van der Waals surface area contributed by atoms with Crippen LogP contribution in [0, 0.1) is 0 Å². The summed E-state index contributed by atoms with van der Waals surface area (Å²) in [6.07, 6.45) is -9.29. The summed E-state index contributed by atoms with van der Waals surface area (Å²) in [6.45, 7) is -0.363. The number of oxime groups is 1. The summed E-state index contributed by atoms with van der Waals surface area (Å²) >= 11 is 0. The van der Waals surface area contributed by atoms with E-state index in [-0.39, 0.29) is 29.2 Å². The molecule has 152 valence electrons. The Bertz CT molecular complexity index is 843. The fraction of sp³-hybridized carbons (Fsp3) is 0.333. The monoisotopic (exact) mass is 410 g/mol. The zero-order valence-corrected chi connectivity index (χ0v) is 14.1. The Hall–Kier alpha value is -3.12. The molecule has 1 amide bonds. The summed E-state index contributed by atoms with van der Waals surface area (Å²) in [5, 5.41) is 8.83. The first-order valence-electron chi connectivity index (χ1n) is 7.47. The fourth-order valence-electron chi connectivity index (χ4n) is 1.78. The predicted octanol–water partition coefficient (Wildman–Crippen LogP) is 3.44. The molecule has 1 aromatic carbocycles. The number of nitrogens with zero attached hydrogens (tertiary/aromatic N) is 3. The van der Waals surface area contributed by atoms with Crippen molar-refractivity contribution >= 4 is 11.6 Å². The van der Waals surface area contributed by atoms with E-state index in [1.54, 1.807) is 0 Å². The summed E-state index contributed by atoms with van der Waals surface area (Å²) in [7, 11) is 0. The third-order valence-corrected chi connectivity index (χ3v) is 3.03.